The van der Waals surface area contributed by atoms with E-state index in [2.05, 4.69) is 22.6 Å². The van der Waals surface area contributed by atoms with E-state index in [4.69, 9.17) is 24.2 Å². The van der Waals surface area contributed by atoms with Gasteiger partial charge in [-0.05, 0) is 99.4 Å². The zero-order valence-electron chi connectivity index (χ0n) is 34.2. The van der Waals surface area contributed by atoms with Crippen molar-refractivity contribution in [1.29, 1.82) is 0 Å². The van der Waals surface area contributed by atoms with Crippen LogP contribution in [0.15, 0.2) is 107 Å². The summed E-state index contributed by atoms with van der Waals surface area (Å²) in [6, 6.07) is 19.5. The molecule has 0 bridgehead atoms. The lowest BCUT2D eigenvalue weighted by molar-refractivity contribution is -0.250. The number of para-hydroxylation sites is 1. The van der Waals surface area contributed by atoms with Crippen LogP contribution in [0, 0.1) is 24.7 Å². The molecule has 59 heavy (non-hydrogen) atoms. The third-order valence-corrected chi connectivity index (χ3v) is 13.9. The number of benzene rings is 2. The molecule has 1 saturated carbocycles. The fourth-order valence-corrected chi connectivity index (χ4v) is 10.9. The number of aromatic nitrogens is 2. The van der Waals surface area contributed by atoms with Crippen molar-refractivity contribution in [1.82, 2.24) is 14.3 Å². The first kappa shape index (κ1) is 42.5. The zero-order valence-corrected chi connectivity index (χ0v) is 35.0. The van der Waals surface area contributed by atoms with Crippen molar-refractivity contribution >= 4 is 26.6 Å². The zero-order chi connectivity index (χ0) is 41.6. The molecule has 0 radical (unpaired) electrons. The van der Waals surface area contributed by atoms with Crippen LogP contribution in [0.4, 0.5) is 0 Å². The van der Waals surface area contributed by atoms with Crippen LogP contribution < -0.4 is 9.47 Å². The number of hydrogen-bond donors (Lipinski definition) is 2. The lowest BCUT2D eigenvalue weighted by atomic mass is 9.55. The lowest BCUT2D eigenvalue weighted by Crippen LogP contribution is -2.69. The van der Waals surface area contributed by atoms with Crippen LogP contribution in [0.25, 0.3) is 10.9 Å². The molecule has 6 atom stereocenters. The first-order chi connectivity index (χ1) is 28.7. The van der Waals surface area contributed by atoms with Gasteiger partial charge in [-0.25, -0.2) is 8.42 Å². The Labute approximate surface area is 347 Å². The second-order valence-electron chi connectivity index (χ2n) is 15.6. The summed E-state index contributed by atoms with van der Waals surface area (Å²) in [4.78, 5) is 15.0. The molecular formula is C46H56N4O8S. The average Bonchev–Trinajstić information content (AvgIpc) is 3.25. The van der Waals surface area contributed by atoms with E-state index in [0.717, 1.165) is 48.2 Å². The van der Waals surface area contributed by atoms with Gasteiger partial charge in [0.15, 0.2) is 0 Å². The Morgan fingerprint density at radius 1 is 1.03 bits per heavy atom. The number of unbranched alkanes of at least 4 members (excludes halogenated alkanes) is 2. The van der Waals surface area contributed by atoms with Gasteiger partial charge in [0.25, 0.3) is 0 Å². The van der Waals surface area contributed by atoms with Crippen molar-refractivity contribution in [3.05, 3.63) is 114 Å². The number of oxime groups is 1. The Morgan fingerprint density at radius 3 is 2.58 bits per heavy atom. The van der Waals surface area contributed by atoms with E-state index in [1.165, 1.54) is 4.31 Å². The van der Waals surface area contributed by atoms with Crippen molar-refractivity contribution in [2.75, 3.05) is 33.5 Å². The predicted octanol–water partition coefficient (Wildman–Crippen LogP) is 7.49. The van der Waals surface area contributed by atoms with Crippen LogP contribution in [0.1, 0.15) is 74.7 Å². The summed E-state index contributed by atoms with van der Waals surface area (Å²) in [7, 11) is -2.65. The Hall–Kier alpha value is -4.66. The number of nitrogens with zero attached hydrogens (tertiary/aromatic N) is 4. The fourth-order valence-electron chi connectivity index (χ4n) is 9.38. The van der Waals surface area contributed by atoms with Gasteiger partial charge in [-0.15, -0.1) is 6.58 Å². The monoisotopic (exact) mass is 824 g/mol. The summed E-state index contributed by atoms with van der Waals surface area (Å²) in [5.41, 5.74) is 4.54. The number of aliphatic hydroxyl groups excluding tert-OH is 2. The van der Waals surface area contributed by atoms with E-state index >= 15 is 8.42 Å². The normalized spacial score (nSPS) is 24.3. The van der Waals surface area contributed by atoms with Crippen LogP contribution in [0.2, 0.25) is 0 Å². The number of allylic oxidation sites excluding steroid dienone is 1. The van der Waals surface area contributed by atoms with Gasteiger partial charge in [0.05, 0.1) is 35.5 Å². The molecule has 3 heterocycles. The molecular weight excluding hydrogens is 769 g/mol. The highest BCUT2D eigenvalue weighted by molar-refractivity contribution is 7.89. The maximum Gasteiger partial charge on any atom is 0.245 e. The maximum atomic E-state index is 15.0. The SMILES string of the molecule is C=CCO[C@@]12Oc3ccc(OCc4cccc(C)n4)cc3[C@H]3[C@H](CCCCO)[C@@H](CCCCO)C=C(C(=NOCC)C[C@@H]1N(C)S(=O)(=O)c1cccc4cccnc14)[C@H]32. The first-order valence-corrected chi connectivity index (χ1v) is 22.2. The third kappa shape index (κ3) is 8.54. The van der Waals surface area contributed by atoms with E-state index in [-0.39, 0.29) is 55.5 Å². The van der Waals surface area contributed by atoms with Gasteiger partial charge < -0.3 is 29.3 Å². The van der Waals surface area contributed by atoms with E-state index in [1.807, 2.05) is 62.4 Å². The van der Waals surface area contributed by atoms with Gasteiger partial charge in [0, 0.05) is 55.4 Å². The number of aryl methyl sites for hydroxylation is 1. The minimum atomic E-state index is -4.23. The van der Waals surface area contributed by atoms with Crippen LogP contribution in [0.5, 0.6) is 11.5 Å². The van der Waals surface area contributed by atoms with Gasteiger partial charge in [-0.2, -0.15) is 4.31 Å². The van der Waals surface area contributed by atoms with Gasteiger partial charge in [0.2, 0.25) is 15.8 Å². The van der Waals surface area contributed by atoms with Crippen molar-refractivity contribution in [2.45, 2.75) is 88.0 Å². The summed E-state index contributed by atoms with van der Waals surface area (Å²) in [6.45, 7) is 8.66. The molecule has 4 aromatic rings. The number of hydrogen-bond acceptors (Lipinski definition) is 11. The molecule has 0 unspecified atom stereocenters. The highest BCUT2D eigenvalue weighted by atomic mass is 32.2. The second-order valence-corrected chi connectivity index (χ2v) is 17.6. The molecule has 2 aliphatic carbocycles. The molecule has 0 spiro atoms. The number of ether oxygens (including phenoxy) is 3. The Balaban J connectivity index is 1.43. The molecule has 314 valence electrons. The molecule has 1 fully saturated rings. The minimum absolute atomic E-state index is 0.0216. The van der Waals surface area contributed by atoms with Crippen LogP contribution in [-0.2, 0) is 26.2 Å². The molecule has 2 N–H and O–H groups in total. The molecule has 1 aliphatic heterocycles. The summed E-state index contributed by atoms with van der Waals surface area (Å²) < 4.78 is 52.1. The molecule has 0 saturated heterocycles. The predicted molar refractivity (Wildman–Crippen MR) is 227 cm³/mol. The average molecular weight is 825 g/mol. The molecule has 2 aromatic heterocycles. The summed E-state index contributed by atoms with van der Waals surface area (Å²) in [6.07, 6.45) is 10.2. The second kappa shape index (κ2) is 18.7. The summed E-state index contributed by atoms with van der Waals surface area (Å²) in [5, 5.41) is 25.2. The molecule has 7 rings (SSSR count). The highest BCUT2D eigenvalue weighted by Gasteiger charge is 2.65. The topological polar surface area (TPSA) is 153 Å². The van der Waals surface area contributed by atoms with Gasteiger partial charge in [0.1, 0.15) is 29.6 Å². The standard InChI is InChI=1S/C46H56N4O8S/c1-5-26-56-46-42(50(4)59(53,54)41-20-12-16-32-17-13-23-47-45(32)41)29-39(49-57-6-2)37-27-33(15-7-9-24-51)36(19-8-10-25-52)43(44(37)46)38-28-35(21-22-40(38)58-46)55-30-34-18-11-14-31(3)48-34/h5,11-14,16-18,20-23,27-28,33,36,42-44,51-52H,1,6-10,15,19,24-26,29-30H2,2-4H3/t33-,36+,42-,43+,44+,46+/m0/s1. The number of rotatable bonds is 19. The van der Waals surface area contributed by atoms with Crippen LogP contribution in [-0.4, -0.2) is 83.9 Å². The van der Waals surface area contributed by atoms with Crippen molar-refractivity contribution in [3.63, 3.8) is 0 Å². The molecule has 13 heteroatoms. The van der Waals surface area contributed by atoms with Crippen LogP contribution >= 0.6 is 0 Å². The molecule has 2 aromatic carbocycles. The van der Waals surface area contributed by atoms with Gasteiger partial charge in [-0.1, -0.05) is 54.4 Å². The van der Waals surface area contributed by atoms with Crippen LogP contribution in [0.3, 0.4) is 0 Å². The molecule has 0 amide bonds. The Kier molecular flexibility index (Phi) is 13.5. The van der Waals surface area contributed by atoms with Gasteiger partial charge in [-0.3, -0.25) is 9.97 Å². The fraction of sp³-hybridized carbons (Fsp3) is 0.457. The minimum Gasteiger partial charge on any atom is -0.487 e. The van der Waals surface area contributed by atoms with E-state index < -0.39 is 27.8 Å². The Bertz CT molecular complexity index is 2280. The number of pyridine rings is 2. The lowest BCUT2D eigenvalue weighted by Gasteiger charge is -2.59. The van der Waals surface area contributed by atoms with Gasteiger partial charge >= 0.3 is 0 Å². The van der Waals surface area contributed by atoms with E-state index in [0.29, 0.717) is 47.6 Å². The highest BCUT2D eigenvalue weighted by Crippen LogP contribution is 2.62. The van der Waals surface area contributed by atoms with E-state index in [9.17, 15) is 10.2 Å². The number of likely N-dealkylation sites (N-methyl/N-ethyl adjacent to an activating group) is 1. The Morgan fingerprint density at radius 2 is 1.81 bits per heavy atom. The van der Waals surface area contributed by atoms with E-state index in [1.54, 1.807) is 37.5 Å². The summed E-state index contributed by atoms with van der Waals surface area (Å²) >= 11 is 0. The number of sulfonamides is 1. The molecule has 3 aliphatic rings. The smallest absolute Gasteiger partial charge is 0.245 e. The molecule has 12 nitrogen and oxygen atoms in total. The van der Waals surface area contributed by atoms with Crippen molar-refractivity contribution < 1.29 is 37.7 Å². The first-order valence-electron chi connectivity index (χ1n) is 20.7. The quantitative estimate of drug-likeness (QED) is 0.0553. The summed E-state index contributed by atoms with van der Waals surface area (Å²) in [5.74, 6) is -1.03. The number of fused-ring (bicyclic) bond motifs is 3. The maximum absolute atomic E-state index is 15.0. The van der Waals surface area contributed by atoms with Crippen molar-refractivity contribution in [2.24, 2.45) is 22.9 Å². The largest absolute Gasteiger partial charge is 0.487 e. The third-order valence-electron chi connectivity index (χ3n) is 12.0. The number of aliphatic hydroxyl groups is 2. The van der Waals surface area contributed by atoms with Crippen molar-refractivity contribution in [3.8, 4) is 11.5 Å².